The molecule has 0 fully saturated rings. The average Bonchev–Trinajstić information content (AvgIpc) is 3.35. The molecule has 0 N–H and O–H groups in total. The normalized spacial score (nSPS) is 14.9. The molecular formula is C28H24BrCl2N3O3. The summed E-state index contributed by atoms with van der Waals surface area (Å²) < 4.78 is 9.65. The van der Waals surface area contributed by atoms with Gasteiger partial charge in [0, 0.05) is 17.3 Å². The fourth-order valence-corrected chi connectivity index (χ4v) is 6.03. The number of carbonyl (C=O) groups is 1. The van der Waals surface area contributed by atoms with E-state index in [1.807, 2.05) is 42.5 Å². The highest BCUT2D eigenvalue weighted by molar-refractivity contribution is 9.10. The molecule has 1 aliphatic heterocycles. The van der Waals surface area contributed by atoms with E-state index in [0.717, 1.165) is 27.2 Å². The van der Waals surface area contributed by atoms with Crippen molar-refractivity contribution in [2.24, 2.45) is 0 Å². The van der Waals surface area contributed by atoms with Gasteiger partial charge < -0.3 is 13.9 Å². The number of amides is 1. The standard InChI is InChI=1S/C28H24BrCl2N3O3/c1-16(2)33-24(29)13-22-26(33)25(18-6-8-19(30)9-7-18)34(27(22)35)23-12-20(31)15-32(28(23)36)14-17-4-10-21(37-3)11-5-17/h4-13,15-16,25H,14H2,1-3H3. The first-order valence-electron chi connectivity index (χ1n) is 11.7. The summed E-state index contributed by atoms with van der Waals surface area (Å²) in [5.41, 5.74) is 3.00. The summed E-state index contributed by atoms with van der Waals surface area (Å²) >= 11 is 16.3. The van der Waals surface area contributed by atoms with Crippen LogP contribution in [0, 0.1) is 0 Å². The molecule has 190 valence electrons. The van der Waals surface area contributed by atoms with Crippen LogP contribution in [0.2, 0.25) is 10.0 Å². The van der Waals surface area contributed by atoms with E-state index >= 15 is 0 Å². The molecule has 0 aliphatic carbocycles. The Morgan fingerprint density at radius 2 is 1.65 bits per heavy atom. The Hall–Kier alpha value is -3.00. The third-order valence-corrected chi connectivity index (χ3v) is 7.57. The molecular weight excluding hydrogens is 577 g/mol. The smallest absolute Gasteiger partial charge is 0.274 e. The fourth-order valence-electron chi connectivity index (χ4n) is 4.85. The van der Waals surface area contributed by atoms with Crippen LogP contribution in [-0.2, 0) is 6.54 Å². The summed E-state index contributed by atoms with van der Waals surface area (Å²) in [7, 11) is 1.60. The molecule has 1 atom stereocenters. The van der Waals surface area contributed by atoms with Crippen LogP contribution < -0.4 is 15.2 Å². The maximum absolute atomic E-state index is 13.9. The van der Waals surface area contributed by atoms with Gasteiger partial charge in [0.05, 0.1) is 34.5 Å². The van der Waals surface area contributed by atoms with Gasteiger partial charge in [0.15, 0.2) is 0 Å². The van der Waals surface area contributed by atoms with Crippen LogP contribution in [0.3, 0.4) is 0 Å². The number of hydrogen-bond acceptors (Lipinski definition) is 3. The number of aromatic nitrogens is 2. The summed E-state index contributed by atoms with van der Waals surface area (Å²) in [6.07, 6.45) is 1.59. The lowest BCUT2D eigenvalue weighted by Crippen LogP contribution is -2.36. The summed E-state index contributed by atoms with van der Waals surface area (Å²) in [5, 5.41) is 0.945. The third-order valence-electron chi connectivity index (χ3n) is 6.50. The molecule has 1 unspecified atom stereocenters. The predicted octanol–water partition coefficient (Wildman–Crippen LogP) is 7.11. The topological polar surface area (TPSA) is 56.5 Å². The van der Waals surface area contributed by atoms with Crippen LogP contribution >= 0.6 is 39.1 Å². The van der Waals surface area contributed by atoms with E-state index in [1.54, 1.807) is 36.4 Å². The summed E-state index contributed by atoms with van der Waals surface area (Å²) in [4.78, 5) is 29.3. The van der Waals surface area contributed by atoms with E-state index in [4.69, 9.17) is 27.9 Å². The average molecular weight is 601 g/mol. The van der Waals surface area contributed by atoms with Gasteiger partial charge in [-0.25, -0.2) is 0 Å². The molecule has 4 aromatic rings. The van der Waals surface area contributed by atoms with Crippen LogP contribution in [0.5, 0.6) is 5.75 Å². The molecule has 5 rings (SSSR count). The third kappa shape index (κ3) is 4.60. The van der Waals surface area contributed by atoms with E-state index < -0.39 is 6.04 Å². The maximum atomic E-state index is 13.9. The van der Waals surface area contributed by atoms with Crippen molar-refractivity contribution >= 4 is 50.7 Å². The number of rotatable bonds is 6. The lowest BCUT2D eigenvalue weighted by atomic mass is 10.0. The zero-order valence-electron chi connectivity index (χ0n) is 20.4. The van der Waals surface area contributed by atoms with Crippen molar-refractivity contribution < 1.29 is 9.53 Å². The highest BCUT2D eigenvalue weighted by Crippen LogP contribution is 2.45. The van der Waals surface area contributed by atoms with Gasteiger partial charge in [-0.2, -0.15) is 0 Å². The largest absolute Gasteiger partial charge is 0.497 e. The maximum Gasteiger partial charge on any atom is 0.274 e. The van der Waals surface area contributed by atoms with Crippen LogP contribution in [0.15, 0.2) is 76.3 Å². The van der Waals surface area contributed by atoms with E-state index in [2.05, 4.69) is 34.3 Å². The first-order chi connectivity index (χ1) is 17.7. The lowest BCUT2D eigenvalue weighted by Gasteiger charge is -2.28. The van der Waals surface area contributed by atoms with Gasteiger partial charge in [-0.1, -0.05) is 47.5 Å². The zero-order valence-corrected chi connectivity index (χ0v) is 23.5. The molecule has 6 nitrogen and oxygen atoms in total. The second kappa shape index (κ2) is 10.0. The number of halogens is 3. The van der Waals surface area contributed by atoms with E-state index in [1.165, 1.54) is 4.57 Å². The Morgan fingerprint density at radius 3 is 2.27 bits per heavy atom. The minimum Gasteiger partial charge on any atom is -0.497 e. The molecule has 3 heterocycles. The predicted molar refractivity (Wildman–Crippen MR) is 150 cm³/mol. The highest BCUT2D eigenvalue weighted by Gasteiger charge is 2.44. The number of fused-ring (bicyclic) bond motifs is 1. The monoisotopic (exact) mass is 599 g/mol. The van der Waals surface area contributed by atoms with Crippen LogP contribution in [-0.4, -0.2) is 22.2 Å². The molecule has 0 saturated heterocycles. The number of hydrogen-bond donors (Lipinski definition) is 0. The Kier molecular flexibility index (Phi) is 6.96. The number of nitrogens with zero attached hydrogens (tertiary/aromatic N) is 3. The van der Waals surface area contributed by atoms with Crippen molar-refractivity contribution in [3.8, 4) is 5.75 Å². The van der Waals surface area contributed by atoms with Gasteiger partial charge >= 0.3 is 0 Å². The number of ether oxygens (including phenoxy) is 1. The molecule has 0 saturated carbocycles. The van der Waals surface area contributed by atoms with Crippen LogP contribution in [0.1, 0.15) is 53.1 Å². The van der Waals surface area contributed by atoms with Gasteiger partial charge in [-0.05, 0) is 77.3 Å². The minimum absolute atomic E-state index is 0.0757. The number of pyridine rings is 1. The quantitative estimate of drug-likeness (QED) is 0.237. The van der Waals surface area contributed by atoms with Crippen molar-refractivity contribution in [3.63, 3.8) is 0 Å². The molecule has 2 aromatic carbocycles. The van der Waals surface area contributed by atoms with Crippen LogP contribution in [0.25, 0.3) is 0 Å². The van der Waals surface area contributed by atoms with Crippen molar-refractivity contribution in [2.45, 2.75) is 32.5 Å². The van der Waals surface area contributed by atoms with E-state index in [0.29, 0.717) is 22.2 Å². The van der Waals surface area contributed by atoms with Gasteiger partial charge in [-0.3, -0.25) is 14.5 Å². The first-order valence-corrected chi connectivity index (χ1v) is 13.3. The summed E-state index contributed by atoms with van der Waals surface area (Å²) in [6.45, 7) is 4.40. The SMILES string of the molecule is COc1ccc(Cn2cc(Cl)cc(N3C(=O)c4cc(Br)n(C(C)C)c4C3c3ccc(Cl)cc3)c2=O)cc1. The van der Waals surface area contributed by atoms with Gasteiger partial charge in [0.25, 0.3) is 11.5 Å². The summed E-state index contributed by atoms with van der Waals surface area (Å²) in [5.74, 6) is 0.469. The number of carbonyl (C=O) groups excluding carboxylic acids is 1. The Bertz CT molecular complexity index is 1540. The van der Waals surface area contributed by atoms with Gasteiger partial charge in [0.1, 0.15) is 17.5 Å². The molecule has 1 aliphatic rings. The zero-order chi connectivity index (χ0) is 26.4. The second-order valence-corrected chi connectivity index (χ2v) is 10.9. The summed E-state index contributed by atoms with van der Waals surface area (Å²) in [6, 6.07) is 17.7. The molecule has 9 heteroatoms. The number of benzene rings is 2. The van der Waals surface area contributed by atoms with Crippen molar-refractivity contribution in [3.05, 3.63) is 114 Å². The minimum atomic E-state index is -0.533. The molecule has 0 radical (unpaired) electrons. The Labute approximate surface area is 233 Å². The van der Waals surface area contributed by atoms with Crippen molar-refractivity contribution in [1.29, 1.82) is 0 Å². The molecule has 2 aromatic heterocycles. The Balaban J connectivity index is 1.66. The van der Waals surface area contributed by atoms with Crippen molar-refractivity contribution in [2.75, 3.05) is 12.0 Å². The van der Waals surface area contributed by atoms with Gasteiger partial charge in [-0.15, -0.1) is 0 Å². The number of anilines is 1. The van der Waals surface area contributed by atoms with Crippen LogP contribution in [0.4, 0.5) is 5.69 Å². The second-order valence-electron chi connectivity index (χ2n) is 9.18. The molecule has 1 amide bonds. The highest BCUT2D eigenvalue weighted by atomic mass is 79.9. The molecule has 0 bridgehead atoms. The molecule has 0 spiro atoms. The fraction of sp³-hybridized carbons (Fsp3) is 0.214. The van der Waals surface area contributed by atoms with Crippen molar-refractivity contribution in [1.82, 2.24) is 9.13 Å². The number of methoxy groups -OCH3 is 1. The van der Waals surface area contributed by atoms with Gasteiger partial charge in [0.2, 0.25) is 0 Å². The molecule has 37 heavy (non-hydrogen) atoms. The first kappa shape index (κ1) is 25.6. The Morgan fingerprint density at radius 1 is 0.973 bits per heavy atom. The lowest BCUT2D eigenvalue weighted by molar-refractivity contribution is 0.0993. The van der Waals surface area contributed by atoms with E-state index in [9.17, 15) is 9.59 Å². The van der Waals surface area contributed by atoms with E-state index in [-0.39, 0.29) is 23.2 Å².